The third kappa shape index (κ3) is 6.04. The summed E-state index contributed by atoms with van der Waals surface area (Å²) in [5, 5.41) is 2.35. The lowest BCUT2D eigenvalue weighted by Crippen LogP contribution is -2.32. The molecule has 0 heterocycles. The molecule has 0 aromatic heterocycles. The summed E-state index contributed by atoms with van der Waals surface area (Å²) >= 11 is 0. The van der Waals surface area contributed by atoms with E-state index in [0.29, 0.717) is 12.1 Å². The Labute approximate surface area is 125 Å². The van der Waals surface area contributed by atoms with Gasteiger partial charge in [0.05, 0.1) is 12.1 Å². The van der Waals surface area contributed by atoms with Gasteiger partial charge in [0.1, 0.15) is 11.4 Å². The molecule has 0 saturated carbocycles. The molecule has 0 radical (unpaired) electrons. The maximum absolute atomic E-state index is 13.3. The number of hydrogen-bond donors (Lipinski definition) is 1. The quantitative estimate of drug-likeness (QED) is 0.633. The average molecular weight is 317 g/mol. The minimum atomic E-state index is -4.74. The smallest absolute Gasteiger partial charge is 0.419 e. The van der Waals surface area contributed by atoms with Gasteiger partial charge < -0.3 is 10.1 Å². The van der Waals surface area contributed by atoms with E-state index in [9.17, 15) is 22.4 Å². The average Bonchev–Trinajstić information content (AvgIpc) is 2.31. The number of alkyl carbamates (subject to hydrolysis) is 1. The summed E-state index contributed by atoms with van der Waals surface area (Å²) in [6.07, 6.45) is -5.41. The van der Waals surface area contributed by atoms with Crippen molar-refractivity contribution in [3.8, 4) is 11.8 Å². The Morgan fingerprint density at radius 1 is 1.27 bits per heavy atom. The monoisotopic (exact) mass is 317 g/mol. The van der Waals surface area contributed by atoms with Gasteiger partial charge in [0.25, 0.3) is 0 Å². The van der Waals surface area contributed by atoms with Crippen LogP contribution in [-0.2, 0) is 10.9 Å². The Morgan fingerprint density at radius 2 is 1.91 bits per heavy atom. The third-order valence-electron chi connectivity index (χ3n) is 2.23. The second kappa shape index (κ2) is 6.69. The van der Waals surface area contributed by atoms with Gasteiger partial charge in [-0.05, 0) is 39.0 Å². The van der Waals surface area contributed by atoms with Crippen LogP contribution in [0.15, 0.2) is 18.2 Å². The van der Waals surface area contributed by atoms with E-state index in [4.69, 9.17) is 4.74 Å². The highest BCUT2D eigenvalue weighted by Crippen LogP contribution is 2.31. The molecule has 7 heteroatoms. The first-order valence-electron chi connectivity index (χ1n) is 6.31. The Hall–Kier alpha value is -2.23. The van der Waals surface area contributed by atoms with Crippen LogP contribution < -0.4 is 5.32 Å². The fourth-order valence-electron chi connectivity index (χ4n) is 1.40. The summed E-state index contributed by atoms with van der Waals surface area (Å²) in [5.41, 5.74) is -1.91. The molecule has 0 spiro atoms. The number of hydrogen-bond acceptors (Lipinski definition) is 2. The van der Waals surface area contributed by atoms with Gasteiger partial charge in [-0.2, -0.15) is 13.2 Å². The molecule has 1 amide bonds. The number of alkyl halides is 3. The van der Waals surface area contributed by atoms with Gasteiger partial charge in [-0.1, -0.05) is 11.8 Å². The maximum Gasteiger partial charge on any atom is 0.419 e. The van der Waals surface area contributed by atoms with Crippen molar-refractivity contribution in [2.75, 3.05) is 6.54 Å². The fraction of sp³-hybridized carbons (Fsp3) is 0.400. The predicted octanol–water partition coefficient (Wildman–Crippen LogP) is 3.72. The van der Waals surface area contributed by atoms with E-state index in [1.807, 2.05) is 0 Å². The first-order chi connectivity index (χ1) is 9.99. The van der Waals surface area contributed by atoms with Gasteiger partial charge in [-0.3, -0.25) is 0 Å². The van der Waals surface area contributed by atoms with Crippen molar-refractivity contribution in [2.24, 2.45) is 0 Å². The van der Waals surface area contributed by atoms with Gasteiger partial charge in [-0.15, -0.1) is 0 Å². The molecule has 3 nitrogen and oxygen atoms in total. The molecule has 1 rings (SSSR count). The molecule has 1 aromatic carbocycles. The van der Waals surface area contributed by atoms with Crippen LogP contribution in [0.4, 0.5) is 22.4 Å². The van der Waals surface area contributed by atoms with Gasteiger partial charge in [-0.25, -0.2) is 9.18 Å². The molecule has 0 aliphatic heterocycles. The summed E-state index contributed by atoms with van der Waals surface area (Å²) in [5.74, 6) is 3.56. The molecular formula is C15H15F4NO2. The minimum absolute atomic E-state index is 0.0719. The lowest BCUT2D eigenvalue weighted by Gasteiger charge is -2.19. The van der Waals surface area contributed by atoms with E-state index in [0.717, 1.165) is 6.07 Å². The second-order valence-electron chi connectivity index (χ2n) is 5.35. The van der Waals surface area contributed by atoms with E-state index >= 15 is 0 Å². The maximum atomic E-state index is 13.3. The van der Waals surface area contributed by atoms with E-state index in [1.165, 1.54) is 0 Å². The van der Waals surface area contributed by atoms with Crippen LogP contribution in [0, 0.1) is 17.7 Å². The normalized spacial score (nSPS) is 11.4. The van der Waals surface area contributed by atoms with Crippen molar-refractivity contribution in [1.29, 1.82) is 0 Å². The van der Waals surface area contributed by atoms with Gasteiger partial charge in [0.15, 0.2) is 0 Å². The number of carbonyl (C=O) groups excluding carboxylic acids is 1. The molecule has 0 bridgehead atoms. The number of amides is 1. The molecule has 1 N–H and O–H groups in total. The zero-order chi connectivity index (χ0) is 17.0. The largest absolute Gasteiger partial charge is 0.444 e. The number of benzene rings is 1. The molecule has 1 aromatic rings. The molecular weight excluding hydrogens is 302 g/mol. The molecule has 0 aliphatic carbocycles. The molecule has 0 aliphatic rings. The zero-order valence-electron chi connectivity index (χ0n) is 12.3. The molecule has 22 heavy (non-hydrogen) atoms. The Balaban J connectivity index is 2.63. The van der Waals surface area contributed by atoms with Crippen LogP contribution >= 0.6 is 0 Å². The van der Waals surface area contributed by atoms with E-state index in [1.54, 1.807) is 20.8 Å². The summed E-state index contributed by atoms with van der Waals surface area (Å²) < 4.78 is 55.4. The van der Waals surface area contributed by atoms with Crippen molar-refractivity contribution < 1.29 is 27.1 Å². The summed E-state index contributed by atoms with van der Waals surface area (Å²) in [6.45, 7) is 5.02. The summed E-state index contributed by atoms with van der Waals surface area (Å²) in [7, 11) is 0. The van der Waals surface area contributed by atoms with Gasteiger partial charge in [0, 0.05) is 5.56 Å². The summed E-state index contributed by atoms with van der Waals surface area (Å²) in [4.78, 5) is 11.3. The molecule has 0 unspecified atom stereocenters. The zero-order valence-corrected chi connectivity index (χ0v) is 12.3. The SMILES string of the molecule is CC(C)(C)OC(=O)NCC#Cc1ccc(C(F)(F)F)c(F)c1. The lowest BCUT2D eigenvalue weighted by molar-refractivity contribution is -0.140. The standard InChI is InChI=1S/C15H15F4NO2/c1-14(2,3)22-13(21)20-8-4-5-10-6-7-11(12(16)9-10)15(17,18)19/h6-7,9H,8H2,1-3H3,(H,20,21). The molecule has 0 atom stereocenters. The van der Waals surface area contributed by atoms with E-state index in [2.05, 4.69) is 17.2 Å². The first kappa shape index (κ1) is 17.8. The topological polar surface area (TPSA) is 38.3 Å². The number of rotatable bonds is 1. The van der Waals surface area contributed by atoms with Crippen molar-refractivity contribution >= 4 is 6.09 Å². The number of ether oxygens (including phenoxy) is 1. The highest BCUT2D eigenvalue weighted by molar-refractivity contribution is 5.68. The van der Waals surface area contributed by atoms with Crippen LogP contribution in [0.1, 0.15) is 31.9 Å². The van der Waals surface area contributed by atoms with Crippen LogP contribution in [-0.4, -0.2) is 18.2 Å². The van der Waals surface area contributed by atoms with Gasteiger partial charge in [0.2, 0.25) is 0 Å². The van der Waals surface area contributed by atoms with E-state index in [-0.39, 0.29) is 12.1 Å². The number of nitrogens with one attached hydrogen (secondary N) is 1. The Kier molecular flexibility index (Phi) is 5.42. The van der Waals surface area contributed by atoms with Crippen molar-refractivity contribution in [1.82, 2.24) is 5.32 Å². The Bertz CT molecular complexity index is 607. The number of halogens is 4. The third-order valence-corrected chi connectivity index (χ3v) is 2.23. The highest BCUT2D eigenvalue weighted by atomic mass is 19.4. The van der Waals surface area contributed by atoms with Crippen LogP contribution in [0.3, 0.4) is 0 Å². The molecule has 0 saturated heterocycles. The first-order valence-corrected chi connectivity index (χ1v) is 6.31. The predicted molar refractivity (Wildman–Crippen MR) is 72.5 cm³/mol. The van der Waals surface area contributed by atoms with Crippen molar-refractivity contribution in [3.63, 3.8) is 0 Å². The minimum Gasteiger partial charge on any atom is -0.444 e. The van der Waals surface area contributed by atoms with Crippen molar-refractivity contribution in [3.05, 3.63) is 35.1 Å². The summed E-state index contributed by atoms with van der Waals surface area (Å²) in [6, 6.07) is 2.39. The van der Waals surface area contributed by atoms with Crippen LogP contribution in [0.5, 0.6) is 0 Å². The van der Waals surface area contributed by atoms with Crippen LogP contribution in [0.25, 0.3) is 0 Å². The fourth-order valence-corrected chi connectivity index (χ4v) is 1.40. The lowest BCUT2D eigenvalue weighted by atomic mass is 10.1. The second-order valence-corrected chi connectivity index (χ2v) is 5.35. The molecule has 120 valence electrons. The molecule has 0 fully saturated rings. The van der Waals surface area contributed by atoms with Gasteiger partial charge >= 0.3 is 12.3 Å². The van der Waals surface area contributed by atoms with Crippen LogP contribution in [0.2, 0.25) is 0 Å². The number of carbonyl (C=O) groups is 1. The van der Waals surface area contributed by atoms with E-state index < -0.39 is 29.3 Å². The van der Waals surface area contributed by atoms with Crippen molar-refractivity contribution in [2.45, 2.75) is 32.5 Å². The highest BCUT2D eigenvalue weighted by Gasteiger charge is 2.33. The Morgan fingerprint density at radius 3 is 2.41 bits per heavy atom.